The molecular formula is C16H22O. The molecule has 0 fully saturated rings. The molecule has 0 saturated heterocycles. The van der Waals surface area contributed by atoms with Gasteiger partial charge in [0.25, 0.3) is 0 Å². The molecule has 0 aliphatic heterocycles. The maximum Gasteiger partial charge on any atom is 0.122 e. The lowest BCUT2D eigenvalue weighted by Crippen LogP contribution is -2.07. The fraction of sp³-hybridized carbons (Fsp3) is 0.500. The summed E-state index contributed by atoms with van der Waals surface area (Å²) < 4.78 is 5.83. The van der Waals surface area contributed by atoms with Crippen molar-refractivity contribution in [2.45, 2.75) is 34.1 Å². The molecule has 0 heterocycles. The summed E-state index contributed by atoms with van der Waals surface area (Å²) in [5.41, 5.74) is 1.25. The average Bonchev–Trinajstić information content (AvgIpc) is 2.28. The molecule has 1 heteroatoms. The van der Waals surface area contributed by atoms with E-state index in [4.69, 9.17) is 4.74 Å². The number of benzene rings is 1. The zero-order valence-electron chi connectivity index (χ0n) is 11.3. The molecule has 1 aromatic carbocycles. The highest BCUT2D eigenvalue weighted by Crippen LogP contribution is 2.21. The van der Waals surface area contributed by atoms with E-state index in [1.165, 1.54) is 5.56 Å². The largest absolute Gasteiger partial charge is 0.493 e. The zero-order valence-corrected chi connectivity index (χ0v) is 11.3. The first kappa shape index (κ1) is 13.6. The predicted molar refractivity (Wildman–Crippen MR) is 73.1 cm³/mol. The highest BCUT2D eigenvalue weighted by atomic mass is 16.5. The van der Waals surface area contributed by atoms with E-state index in [9.17, 15) is 0 Å². The summed E-state index contributed by atoms with van der Waals surface area (Å²) in [7, 11) is 0. The average molecular weight is 230 g/mol. The Bertz CT molecular complexity index is 395. The highest BCUT2D eigenvalue weighted by molar-refractivity contribution is 5.34. The SMILES string of the molecule is CC#CC(C)Cc1ccccc1OCC(C)C. The molecule has 17 heavy (non-hydrogen) atoms. The quantitative estimate of drug-likeness (QED) is 0.697. The summed E-state index contributed by atoms with van der Waals surface area (Å²) in [5.74, 6) is 8.08. The van der Waals surface area contributed by atoms with Gasteiger partial charge in [-0.25, -0.2) is 0 Å². The van der Waals surface area contributed by atoms with E-state index < -0.39 is 0 Å². The maximum absolute atomic E-state index is 5.83. The van der Waals surface area contributed by atoms with E-state index in [1.807, 2.05) is 19.1 Å². The van der Waals surface area contributed by atoms with Crippen LogP contribution >= 0.6 is 0 Å². The molecule has 1 unspecified atom stereocenters. The van der Waals surface area contributed by atoms with Gasteiger partial charge in [0.05, 0.1) is 6.61 Å². The Hall–Kier alpha value is -1.42. The molecule has 92 valence electrons. The van der Waals surface area contributed by atoms with E-state index in [1.54, 1.807) is 0 Å². The van der Waals surface area contributed by atoms with Crippen LogP contribution < -0.4 is 4.74 Å². The lowest BCUT2D eigenvalue weighted by Gasteiger charge is -2.14. The fourth-order valence-electron chi connectivity index (χ4n) is 1.70. The third-order valence-corrected chi connectivity index (χ3v) is 2.46. The Morgan fingerprint density at radius 3 is 2.53 bits per heavy atom. The van der Waals surface area contributed by atoms with Crippen molar-refractivity contribution in [3.8, 4) is 17.6 Å². The minimum absolute atomic E-state index is 0.379. The van der Waals surface area contributed by atoms with Crippen LogP contribution in [0.1, 0.15) is 33.3 Å². The van der Waals surface area contributed by atoms with Gasteiger partial charge in [-0.2, -0.15) is 0 Å². The van der Waals surface area contributed by atoms with E-state index >= 15 is 0 Å². The van der Waals surface area contributed by atoms with Crippen molar-refractivity contribution in [2.75, 3.05) is 6.61 Å². The Labute approximate surface area is 105 Å². The van der Waals surface area contributed by atoms with Gasteiger partial charge in [0.2, 0.25) is 0 Å². The van der Waals surface area contributed by atoms with Crippen LogP contribution in [0.5, 0.6) is 5.75 Å². The Morgan fingerprint density at radius 1 is 1.18 bits per heavy atom. The molecule has 1 nitrogen and oxygen atoms in total. The second-order valence-electron chi connectivity index (χ2n) is 4.81. The standard InChI is InChI=1S/C16H22O/c1-5-8-14(4)11-15-9-6-7-10-16(15)17-12-13(2)3/h6-7,9-10,13-14H,11-12H2,1-4H3. The van der Waals surface area contributed by atoms with E-state index in [2.05, 4.69) is 44.7 Å². The van der Waals surface area contributed by atoms with Gasteiger partial charge in [-0.15, -0.1) is 11.8 Å². The van der Waals surface area contributed by atoms with Gasteiger partial charge >= 0.3 is 0 Å². The first-order chi connectivity index (χ1) is 8.13. The third kappa shape index (κ3) is 4.95. The zero-order chi connectivity index (χ0) is 12.7. The summed E-state index contributed by atoms with van der Waals surface area (Å²) in [6.07, 6.45) is 0.953. The Balaban J connectivity index is 2.72. The van der Waals surface area contributed by atoms with Crippen molar-refractivity contribution in [3.05, 3.63) is 29.8 Å². The number of hydrogen-bond donors (Lipinski definition) is 0. The van der Waals surface area contributed by atoms with Crippen LogP contribution in [0, 0.1) is 23.7 Å². The lowest BCUT2D eigenvalue weighted by atomic mass is 10.0. The molecule has 0 amide bonds. The number of rotatable bonds is 5. The maximum atomic E-state index is 5.83. The molecule has 0 bridgehead atoms. The van der Waals surface area contributed by atoms with Crippen LogP contribution in [0.15, 0.2) is 24.3 Å². The molecule has 0 spiro atoms. The molecule has 1 rings (SSSR count). The predicted octanol–water partition coefficient (Wildman–Crippen LogP) is 3.92. The minimum atomic E-state index is 0.379. The normalized spacial score (nSPS) is 11.8. The summed E-state index contributed by atoms with van der Waals surface area (Å²) in [6.45, 7) is 9.12. The topological polar surface area (TPSA) is 9.23 Å². The van der Waals surface area contributed by atoms with Crippen molar-refractivity contribution >= 4 is 0 Å². The molecule has 0 N–H and O–H groups in total. The minimum Gasteiger partial charge on any atom is -0.493 e. The van der Waals surface area contributed by atoms with Gasteiger partial charge in [-0.1, -0.05) is 39.0 Å². The molecule has 0 saturated carbocycles. The van der Waals surface area contributed by atoms with Crippen LogP contribution in [-0.2, 0) is 6.42 Å². The van der Waals surface area contributed by atoms with Gasteiger partial charge in [-0.3, -0.25) is 0 Å². The van der Waals surface area contributed by atoms with Gasteiger partial charge < -0.3 is 4.74 Å². The van der Waals surface area contributed by atoms with Crippen LogP contribution in [0.2, 0.25) is 0 Å². The molecule has 0 radical (unpaired) electrons. The summed E-state index contributed by atoms with van der Waals surface area (Å²) in [5, 5.41) is 0. The number of ether oxygens (including phenoxy) is 1. The van der Waals surface area contributed by atoms with Crippen LogP contribution in [0.3, 0.4) is 0 Å². The van der Waals surface area contributed by atoms with Gasteiger partial charge in [0.1, 0.15) is 5.75 Å². The van der Waals surface area contributed by atoms with Gasteiger partial charge in [0.15, 0.2) is 0 Å². The number of para-hydroxylation sites is 1. The second-order valence-corrected chi connectivity index (χ2v) is 4.81. The summed E-state index contributed by atoms with van der Waals surface area (Å²) in [6, 6.07) is 8.26. The van der Waals surface area contributed by atoms with Crippen LogP contribution in [0.25, 0.3) is 0 Å². The van der Waals surface area contributed by atoms with Crippen LogP contribution in [0.4, 0.5) is 0 Å². The third-order valence-electron chi connectivity index (χ3n) is 2.46. The van der Waals surface area contributed by atoms with Crippen molar-refractivity contribution < 1.29 is 4.74 Å². The lowest BCUT2D eigenvalue weighted by molar-refractivity contribution is 0.268. The molecule has 0 aliphatic rings. The first-order valence-electron chi connectivity index (χ1n) is 6.26. The molecule has 0 aliphatic carbocycles. The smallest absolute Gasteiger partial charge is 0.122 e. The molecule has 0 aromatic heterocycles. The molecule has 1 atom stereocenters. The van der Waals surface area contributed by atoms with E-state index in [0.717, 1.165) is 18.8 Å². The van der Waals surface area contributed by atoms with Crippen molar-refractivity contribution in [2.24, 2.45) is 11.8 Å². The van der Waals surface area contributed by atoms with Gasteiger partial charge in [0, 0.05) is 5.92 Å². The van der Waals surface area contributed by atoms with Gasteiger partial charge in [-0.05, 0) is 30.9 Å². The first-order valence-corrected chi connectivity index (χ1v) is 6.26. The van der Waals surface area contributed by atoms with Crippen molar-refractivity contribution in [3.63, 3.8) is 0 Å². The summed E-state index contributed by atoms with van der Waals surface area (Å²) in [4.78, 5) is 0. The fourth-order valence-corrected chi connectivity index (χ4v) is 1.70. The Morgan fingerprint density at radius 2 is 1.88 bits per heavy atom. The Kier molecular flexibility index (Phi) is 5.63. The van der Waals surface area contributed by atoms with E-state index in [-0.39, 0.29) is 0 Å². The number of hydrogen-bond acceptors (Lipinski definition) is 1. The monoisotopic (exact) mass is 230 g/mol. The molecular weight excluding hydrogens is 208 g/mol. The van der Waals surface area contributed by atoms with Crippen molar-refractivity contribution in [1.29, 1.82) is 0 Å². The summed E-state index contributed by atoms with van der Waals surface area (Å²) >= 11 is 0. The second kappa shape index (κ2) is 7.01. The van der Waals surface area contributed by atoms with Crippen molar-refractivity contribution in [1.82, 2.24) is 0 Å². The van der Waals surface area contributed by atoms with E-state index in [0.29, 0.717) is 11.8 Å². The molecule has 1 aromatic rings. The highest BCUT2D eigenvalue weighted by Gasteiger charge is 2.07. The van der Waals surface area contributed by atoms with Crippen LogP contribution in [-0.4, -0.2) is 6.61 Å².